The predicted octanol–water partition coefficient (Wildman–Crippen LogP) is 1.33. The highest BCUT2D eigenvalue weighted by atomic mass is 16.5. The van der Waals surface area contributed by atoms with E-state index in [1.807, 2.05) is 12.1 Å². The minimum absolute atomic E-state index is 0.260. The van der Waals surface area contributed by atoms with Gasteiger partial charge >= 0.3 is 6.01 Å². The summed E-state index contributed by atoms with van der Waals surface area (Å²) in [6.45, 7) is 1.76. The van der Waals surface area contributed by atoms with E-state index in [1.54, 1.807) is 25.5 Å². The van der Waals surface area contributed by atoms with Gasteiger partial charge in [-0.2, -0.15) is 15.0 Å². The van der Waals surface area contributed by atoms with E-state index in [4.69, 9.17) is 4.74 Å². The molecule has 0 aliphatic carbocycles. The van der Waals surface area contributed by atoms with Crippen LogP contribution in [0.15, 0.2) is 29.5 Å². The maximum absolute atomic E-state index is 4.94. The quantitative estimate of drug-likeness (QED) is 0.742. The van der Waals surface area contributed by atoms with Crippen LogP contribution in [0.2, 0.25) is 0 Å². The van der Waals surface area contributed by atoms with Gasteiger partial charge in [0, 0.05) is 24.2 Å². The summed E-state index contributed by atoms with van der Waals surface area (Å²) in [5, 5.41) is 0. The first-order valence-corrected chi connectivity index (χ1v) is 4.98. The molecular formula is C11H11N5O. The van der Waals surface area contributed by atoms with Crippen LogP contribution in [-0.2, 0) is 0 Å². The van der Waals surface area contributed by atoms with Gasteiger partial charge in [-0.15, -0.1) is 0 Å². The molecule has 0 N–H and O–H groups in total. The van der Waals surface area contributed by atoms with Gasteiger partial charge in [0.05, 0.1) is 7.11 Å². The van der Waals surface area contributed by atoms with Crippen LogP contribution in [0.1, 0.15) is 11.4 Å². The molecule has 0 saturated carbocycles. The number of ether oxygens (including phenoxy) is 1. The van der Waals surface area contributed by atoms with Crippen LogP contribution in [-0.4, -0.2) is 33.3 Å². The number of aryl methyl sites for hydroxylation is 1. The van der Waals surface area contributed by atoms with Crippen LogP contribution in [0.5, 0.6) is 6.01 Å². The van der Waals surface area contributed by atoms with Crippen molar-refractivity contribution in [2.45, 2.75) is 6.92 Å². The molecule has 2 heterocycles. The van der Waals surface area contributed by atoms with Crippen molar-refractivity contribution >= 4 is 12.2 Å². The molecule has 0 spiro atoms. The highest BCUT2D eigenvalue weighted by Gasteiger charge is 2.01. The van der Waals surface area contributed by atoms with E-state index >= 15 is 0 Å². The van der Waals surface area contributed by atoms with E-state index in [-0.39, 0.29) is 6.01 Å². The molecule has 0 atom stereocenters. The average Bonchev–Trinajstić information content (AvgIpc) is 2.37. The topological polar surface area (TPSA) is 73.2 Å². The summed E-state index contributed by atoms with van der Waals surface area (Å²) >= 11 is 0. The number of nitrogens with zero attached hydrogens (tertiary/aromatic N) is 5. The molecule has 0 fully saturated rings. The minimum atomic E-state index is 0.260. The molecule has 0 radical (unpaired) electrons. The number of pyridine rings is 1. The summed E-state index contributed by atoms with van der Waals surface area (Å²) in [6, 6.07) is 3.98. The van der Waals surface area contributed by atoms with Gasteiger partial charge in [-0.25, -0.2) is 4.99 Å². The zero-order chi connectivity index (χ0) is 12.1. The number of methoxy groups -OCH3 is 1. The van der Waals surface area contributed by atoms with Crippen LogP contribution < -0.4 is 4.74 Å². The van der Waals surface area contributed by atoms with Gasteiger partial charge in [0.25, 0.3) is 5.95 Å². The molecule has 2 rings (SSSR count). The van der Waals surface area contributed by atoms with Crippen molar-refractivity contribution in [3.63, 3.8) is 0 Å². The summed E-state index contributed by atoms with van der Waals surface area (Å²) in [5.41, 5.74) is 0.879. The molecule has 17 heavy (non-hydrogen) atoms. The van der Waals surface area contributed by atoms with E-state index in [0.717, 1.165) is 5.56 Å². The molecule has 2 aromatic rings. The molecule has 0 aliphatic heterocycles. The van der Waals surface area contributed by atoms with E-state index in [9.17, 15) is 0 Å². The van der Waals surface area contributed by atoms with Crippen LogP contribution in [0, 0.1) is 6.92 Å². The van der Waals surface area contributed by atoms with Crippen LogP contribution in [0.4, 0.5) is 5.95 Å². The first-order chi connectivity index (χ1) is 8.28. The Hall–Kier alpha value is -2.37. The fourth-order valence-corrected chi connectivity index (χ4v) is 1.18. The minimum Gasteiger partial charge on any atom is -0.467 e. The lowest BCUT2D eigenvalue weighted by Crippen LogP contribution is -1.97. The number of aromatic nitrogens is 4. The van der Waals surface area contributed by atoms with Crippen molar-refractivity contribution in [3.8, 4) is 6.01 Å². The third-order valence-corrected chi connectivity index (χ3v) is 1.91. The summed E-state index contributed by atoms with van der Waals surface area (Å²) in [5.74, 6) is 0.883. The van der Waals surface area contributed by atoms with E-state index in [1.165, 1.54) is 7.11 Å². The van der Waals surface area contributed by atoms with Crippen LogP contribution in [0.3, 0.4) is 0 Å². The Morgan fingerprint density at radius 3 is 2.88 bits per heavy atom. The molecule has 86 valence electrons. The van der Waals surface area contributed by atoms with Gasteiger partial charge in [-0.3, -0.25) is 4.98 Å². The molecule has 6 nitrogen and oxygen atoms in total. The molecule has 6 heteroatoms. The van der Waals surface area contributed by atoms with Crippen LogP contribution in [0.25, 0.3) is 0 Å². The Kier molecular flexibility index (Phi) is 3.34. The summed E-state index contributed by atoms with van der Waals surface area (Å²) < 4.78 is 4.94. The van der Waals surface area contributed by atoms with Crippen molar-refractivity contribution in [3.05, 3.63) is 35.9 Å². The van der Waals surface area contributed by atoms with Gasteiger partial charge in [0.2, 0.25) is 0 Å². The fourth-order valence-electron chi connectivity index (χ4n) is 1.18. The Bertz CT molecular complexity index is 527. The highest BCUT2D eigenvalue weighted by molar-refractivity contribution is 5.80. The Balaban J connectivity index is 2.24. The predicted molar refractivity (Wildman–Crippen MR) is 62.6 cm³/mol. The summed E-state index contributed by atoms with van der Waals surface area (Å²) in [4.78, 5) is 20.2. The fraction of sp³-hybridized carbons (Fsp3) is 0.182. The third kappa shape index (κ3) is 3.04. The molecule has 0 aromatic carbocycles. The van der Waals surface area contributed by atoms with E-state index in [0.29, 0.717) is 11.8 Å². The molecule has 0 amide bonds. The van der Waals surface area contributed by atoms with Crippen molar-refractivity contribution in [1.29, 1.82) is 0 Å². The van der Waals surface area contributed by atoms with Crippen molar-refractivity contribution in [2.75, 3.05) is 7.11 Å². The van der Waals surface area contributed by atoms with Crippen molar-refractivity contribution in [1.82, 2.24) is 19.9 Å². The van der Waals surface area contributed by atoms with Gasteiger partial charge in [-0.1, -0.05) is 6.07 Å². The average molecular weight is 229 g/mol. The van der Waals surface area contributed by atoms with E-state index < -0.39 is 0 Å². The zero-order valence-electron chi connectivity index (χ0n) is 9.53. The second kappa shape index (κ2) is 5.11. The van der Waals surface area contributed by atoms with E-state index in [2.05, 4.69) is 24.9 Å². The lowest BCUT2D eigenvalue weighted by atomic mass is 10.3. The van der Waals surface area contributed by atoms with Gasteiger partial charge in [0.15, 0.2) is 0 Å². The van der Waals surface area contributed by atoms with Crippen LogP contribution >= 0.6 is 0 Å². The Morgan fingerprint density at radius 1 is 1.29 bits per heavy atom. The molecule has 0 bridgehead atoms. The summed E-state index contributed by atoms with van der Waals surface area (Å²) in [7, 11) is 1.50. The molecule has 0 aliphatic rings. The molecule has 0 unspecified atom stereocenters. The smallest absolute Gasteiger partial charge is 0.321 e. The van der Waals surface area contributed by atoms with Gasteiger partial charge in [-0.05, 0) is 13.0 Å². The number of hydrogen-bond donors (Lipinski definition) is 0. The van der Waals surface area contributed by atoms with Crippen molar-refractivity contribution in [2.24, 2.45) is 4.99 Å². The third-order valence-electron chi connectivity index (χ3n) is 1.91. The molecule has 0 saturated heterocycles. The lowest BCUT2D eigenvalue weighted by molar-refractivity contribution is 0.377. The standard InChI is InChI=1S/C11H11N5O/c1-8-14-10(16-11(15-8)17-2)13-7-9-4-3-5-12-6-9/h3-7H,1-2H3/b13-7+. The normalized spacial score (nSPS) is 10.7. The number of hydrogen-bond acceptors (Lipinski definition) is 6. The maximum Gasteiger partial charge on any atom is 0.321 e. The number of rotatable bonds is 3. The largest absolute Gasteiger partial charge is 0.467 e. The first kappa shape index (κ1) is 11.1. The highest BCUT2D eigenvalue weighted by Crippen LogP contribution is 2.09. The number of aliphatic imine (C=N–C) groups is 1. The SMILES string of the molecule is COc1nc(C)nc(/N=C/c2cccnc2)n1. The second-order valence-electron chi connectivity index (χ2n) is 3.21. The Labute approximate surface area is 98.5 Å². The maximum atomic E-state index is 4.94. The zero-order valence-corrected chi connectivity index (χ0v) is 9.53. The van der Waals surface area contributed by atoms with Gasteiger partial charge < -0.3 is 4.74 Å². The summed E-state index contributed by atoms with van der Waals surface area (Å²) in [6.07, 6.45) is 5.05. The lowest BCUT2D eigenvalue weighted by Gasteiger charge is -1.99. The second-order valence-corrected chi connectivity index (χ2v) is 3.21. The Morgan fingerprint density at radius 2 is 2.18 bits per heavy atom. The van der Waals surface area contributed by atoms with Crippen molar-refractivity contribution < 1.29 is 4.74 Å². The monoisotopic (exact) mass is 229 g/mol. The first-order valence-electron chi connectivity index (χ1n) is 4.98. The molecular weight excluding hydrogens is 218 g/mol. The van der Waals surface area contributed by atoms with Gasteiger partial charge in [0.1, 0.15) is 5.82 Å². The molecule has 2 aromatic heterocycles.